The van der Waals surface area contributed by atoms with Gasteiger partial charge in [0.1, 0.15) is 0 Å². The molecular formula is C19H30O2. The Bertz CT molecular complexity index is 409. The summed E-state index contributed by atoms with van der Waals surface area (Å²) in [7, 11) is 0. The fourth-order valence-corrected chi connectivity index (χ4v) is 1.74. The first-order valence-electron chi connectivity index (χ1n) is 7.60. The first-order chi connectivity index (χ1) is 10.1. The summed E-state index contributed by atoms with van der Waals surface area (Å²) < 4.78 is 0. The molecule has 0 aromatic rings. The number of allylic oxidation sites excluding steroid dienone is 8. The molecular weight excluding hydrogens is 260 g/mol. The molecule has 0 aromatic carbocycles. The van der Waals surface area contributed by atoms with E-state index in [9.17, 15) is 9.90 Å². The summed E-state index contributed by atoms with van der Waals surface area (Å²) in [5, 5.41) is 9.36. The van der Waals surface area contributed by atoms with Crippen LogP contribution in [0.2, 0.25) is 0 Å². The van der Waals surface area contributed by atoms with Crippen molar-refractivity contribution in [3.05, 3.63) is 60.3 Å². The van der Waals surface area contributed by atoms with Crippen LogP contribution in [-0.4, -0.2) is 11.1 Å². The summed E-state index contributed by atoms with van der Waals surface area (Å²) in [5.41, 5.74) is 1.75. The van der Waals surface area contributed by atoms with E-state index in [0.29, 0.717) is 6.42 Å². The van der Waals surface area contributed by atoms with E-state index in [4.69, 9.17) is 0 Å². The molecule has 0 aromatic heterocycles. The highest BCUT2D eigenvalue weighted by Crippen LogP contribution is 2.22. The fraction of sp³-hybridized carbons (Fsp3) is 0.421. The van der Waals surface area contributed by atoms with Gasteiger partial charge in [-0.3, -0.25) is 4.79 Å². The molecule has 0 amide bonds. The second-order valence-corrected chi connectivity index (χ2v) is 4.17. The van der Waals surface area contributed by atoms with Crippen molar-refractivity contribution in [3.8, 4) is 0 Å². The van der Waals surface area contributed by atoms with E-state index in [0.717, 1.165) is 17.6 Å². The smallest absolute Gasteiger partial charge is 0.311 e. The van der Waals surface area contributed by atoms with Crippen LogP contribution in [0.1, 0.15) is 47.5 Å². The van der Waals surface area contributed by atoms with E-state index in [1.807, 2.05) is 64.2 Å². The van der Waals surface area contributed by atoms with Crippen LogP contribution in [0.15, 0.2) is 60.3 Å². The zero-order valence-electron chi connectivity index (χ0n) is 14.1. The van der Waals surface area contributed by atoms with Crippen LogP contribution in [-0.2, 0) is 4.79 Å². The third-order valence-electron chi connectivity index (χ3n) is 2.78. The number of carboxylic acid groups (broad SMARTS) is 1. The molecule has 0 saturated carbocycles. The Balaban J connectivity index is 0. The minimum atomic E-state index is -0.807. The summed E-state index contributed by atoms with van der Waals surface area (Å²) in [6, 6.07) is 0. The van der Waals surface area contributed by atoms with Crippen LogP contribution in [0.3, 0.4) is 0 Å². The third-order valence-corrected chi connectivity index (χ3v) is 2.78. The van der Waals surface area contributed by atoms with E-state index in [1.54, 1.807) is 6.08 Å². The van der Waals surface area contributed by atoms with Gasteiger partial charge in [-0.2, -0.15) is 0 Å². The van der Waals surface area contributed by atoms with Crippen LogP contribution in [0.25, 0.3) is 0 Å². The van der Waals surface area contributed by atoms with Gasteiger partial charge in [0.2, 0.25) is 0 Å². The fourth-order valence-electron chi connectivity index (χ4n) is 1.74. The Labute approximate surface area is 130 Å². The van der Waals surface area contributed by atoms with Crippen molar-refractivity contribution in [3.63, 3.8) is 0 Å². The number of rotatable bonds is 8. The molecule has 21 heavy (non-hydrogen) atoms. The Morgan fingerprint density at radius 3 is 2.29 bits per heavy atom. The Hall–Kier alpha value is -1.83. The van der Waals surface area contributed by atoms with Crippen molar-refractivity contribution in [1.29, 1.82) is 0 Å². The van der Waals surface area contributed by atoms with Gasteiger partial charge in [0.05, 0.1) is 5.92 Å². The van der Waals surface area contributed by atoms with Crippen LogP contribution >= 0.6 is 0 Å². The second kappa shape index (κ2) is 14.6. The lowest BCUT2D eigenvalue weighted by Crippen LogP contribution is -2.16. The number of hydrogen-bond acceptors (Lipinski definition) is 1. The topological polar surface area (TPSA) is 37.3 Å². The maximum Gasteiger partial charge on any atom is 0.311 e. The molecule has 0 bridgehead atoms. The standard InChI is InChI=1S/C17H24O2.C2H6/c1-5-9-10-12-14(7-3)13-16(17(18)19)15(8-4)11-6-2;1-2/h6-12,16H,3,5,13H2,1-2,4H3,(H,18,19);1-2H3/b10-9-,11-6-,14-12+,15-8+;. The van der Waals surface area contributed by atoms with Gasteiger partial charge in [-0.05, 0) is 37.8 Å². The van der Waals surface area contributed by atoms with Crippen molar-refractivity contribution >= 4 is 5.97 Å². The zero-order chi connectivity index (χ0) is 16.7. The summed E-state index contributed by atoms with van der Waals surface area (Å²) >= 11 is 0. The van der Waals surface area contributed by atoms with Gasteiger partial charge >= 0.3 is 5.97 Å². The highest BCUT2D eigenvalue weighted by atomic mass is 16.4. The van der Waals surface area contributed by atoms with Crippen molar-refractivity contribution in [2.75, 3.05) is 0 Å². The van der Waals surface area contributed by atoms with Gasteiger partial charge in [0.15, 0.2) is 0 Å². The molecule has 0 aliphatic rings. The highest BCUT2D eigenvalue weighted by molar-refractivity contribution is 5.75. The molecule has 0 fully saturated rings. The molecule has 1 atom stereocenters. The van der Waals surface area contributed by atoms with Crippen molar-refractivity contribution < 1.29 is 9.90 Å². The molecule has 0 saturated heterocycles. The molecule has 1 unspecified atom stereocenters. The molecule has 0 heterocycles. The van der Waals surface area contributed by atoms with E-state index < -0.39 is 11.9 Å². The Kier molecular flexibility index (Phi) is 14.9. The molecule has 0 rings (SSSR count). The maximum atomic E-state index is 11.4. The lowest BCUT2D eigenvalue weighted by Gasteiger charge is -2.14. The van der Waals surface area contributed by atoms with Crippen LogP contribution in [0, 0.1) is 5.92 Å². The highest BCUT2D eigenvalue weighted by Gasteiger charge is 2.20. The Morgan fingerprint density at radius 2 is 1.90 bits per heavy atom. The summed E-state index contributed by atoms with van der Waals surface area (Å²) in [6.07, 6.45) is 14.6. The quantitative estimate of drug-likeness (QED) is 0.582. The molecule has 0 spiro atoms. The van der Waals surface area contributed by atoms with E-state index >= 15 is 0 Å². The SMILES string of the molecule is C=C/C(=C\C=C/CC)CC(C(=O)O)C(/C=C\C)=C/C.CC. The molecule has 2 heteroatoms. The van der Waals surface area contributed by atoms with Crippen LogP contribution in [0.5, 0.6) is 0 Å². The van der Waals surface area contributed by atoms with Gasteiger partial charge in [0, 0.05) is 0 Å². The van der Waals surface area contributed by atoms with Crippen LogP contribution < -0.4 is 0 Å². The lowest BCUT2D eigenvalue weighted by molar-refractivity contribution is -0.140. The number of aliphatic carboxylic acids is 1. The second-order valence-electron chi connectivity index (χ2n) is 4.17. The van der Waals surface area contributed by atoms with E-state index in [-0.39, 0.29) is 0 Å². The van der Waals surface area contributed by atoms with Gasteiger partial charge in [-0.1, -0.05) is 69.9 Å². The van der Waals surface area contributed by atoms with Crippen molar-refractivity contribution in [1.82, 2.24) is 0 Å². The maximum absolute atomic E-state index is 11.4. The van der Waals surface area contributed by atoms with Gasteiger partial charge in [0.25, 0.3) is 0 Å². The normalized spacial score (nSPS) is 14.0. The number of hydrogen-bond donors (Lipinski definition) is 1. The minimum Gasteiger partial charge on any atom is -0.481 e. The largest absolute Gasteiger partial charge is 0.481 e. The average molecular weight is 290 g/mol. The molecule has 0 aliphatic heterocycles. The molecule has 2 nitrogen and oxygen atoms in total. The van der Waals surface area contributed by atoms with E-state index in [1.165, 1.54) is 0 Å². The zero-order valence-corrected chi connectivity index (χ0v) is 14.1. The molecule has 1 N–H and O–H groups in total. The van der Waals surface area contributed by atoms with Gasteiger partial charge < -0.3 is 5.11 Å². The number of carbonyl (C=O) groups is 1. The van der Waals surface area contributed by atoms with Gasteiger partial charge in [-0.15, -0.1) is 0 Å². The molecule has 0 aliphatic carbocycles. The van der Waals surface area contributed by atoms with Crippen LogP contribution in [0.4, 0.5) is 0 Å². The molecule has 0 radical (unpaired) electrons. The minimum absolute atomic E-state index is 0.455. The third kappa shape index (κ3) is 9.67. The number of carboxylic acids is 1. The first-order valence-corrected chi connectivity index (χ1v) is 7.60. The summed E-state index contributed by atoms with van der Waals surface area (Å²) in [5.74, 6) is -1.33. The lowest BCUT2D eigenvalue weighted by atomic mass is 9.91. The summed E-state index contributed by atoms with van der Waals surface area (Å²) in [4.78, 5) is 11.4. The first kappa shape index (κ1) is 21.5. The average Bonchev–Trinajstić information content (AvgIpc) is 2.50. The molecule has 118 valence electrons. The van der Waals surface area contributed by atoms with Crippen molar-refractivity contribution in [2.24, 2.45) is 5.92 Å². The predicted octanol–water partition coefficient (Wildman–Crippen LogP) is 5.70. The monoisotopic (exact) mass is 290 g/mol. The van der Waals surface area contributed by atoms with Gasteiger partial charge in [-0.25, -0.2) is 0 Å². The summed E-state index contributed by atoms with van der Waals surface area (Å²) in [6.45, 7) is 13.6. The van der Waals surface area contributed by atoms with Crippen molar-refractivity contribution in [2.45, 2.75) is 47.5 Å². The predicted molar refractivity (Wildman–Crippen MR) is 93.4 cm³/mol. The van der Waals surface area contributed by atoms with E-state index in [2.05, 4.69) is 13.5 Å². The Morgan fingerprint density at radius 1 is 1.29 bits per heavy atom.